The Morgan fingerprint density at radius 1 is 1.35 bits per heavy atom. The predicted octanol–water partition coefficient (Wildman–Crippen LogP) is 4.50. The van der Waals surface area contributed by atoms with Gasteiger partial charge in [0, 0.05) is 23.9 Å². The van der Waals surface area contributed by atoms with Crippen molar-refractivity contribution in [3.8, 4) is 11.6 Å². The molecule has 2 N–H and O–H groups in total. The maximum absolute atomic E-state index is 13.5. The molecule has 2 rings (SSSR count). The Labute approximate surface area is 130 Å². The third kappa shape index (κ3) is 3.11. The van der Waals surface area contributed by atoms with E-state index in [1.807, 2.05) is 19.9 Å². The summed E-state index contributed by atoms with van der Waals surface area (Å²) in [5, 5.41) is 0.0247. The van der Waals surface area contributed by atoms with Crippen molar-refractivity contribution in [2.75, 3.05) is 0 Å². The highest BCUT2D eigenvalue weighted by Gasteiger charge is 2.14. The van der Waals surface area contributed by atoms with Gasteiger partial charge < -0.3 is 10.5 Å². The molecule has 6 heteroatoms. The van der Waals surface area contributed by atoms with Crippen LogP contribution in [0.1, 0.15) is 16.8 Å². The molecule has 2 aromatic rings. The number of halogens is 3. The maximum atomic E-state index is 13.5. The van der Waals surface area contributed by atoms with E-state index < -0.39 is 5.82 Å². The highest BCUT2D eigenvalue weighted by molar-refractivity contribution is 9.10. The molecule has 0 amide bonds. The predicted molar refractivity (Wildman–Crippen MR) is 80.8 cm³/mol. The van der Waals surface area contributed by atoms with Crippen LogP contribution < -0.4 is 10.5 Å². The molecule has 0 spiro atoms. The zero-order chi connectivity index (χ0) is 14.9. The quantitative estimate of drug-likeness (QED) is 0.821. The minimum atomic E-state index is -0.552. The van der Waals surface area contributed by atoms with Crippen LogP contribution in [0.5, 0.6) is 11.6 Å². The second-order valence-electron chi connectivity index (χ2n) is 4.37. The lowest BCUT2D eigenvalue weighted by atomic mass is 10.1. The van der Waals surface area contributed by atoms with E-state index in [-0.39, 0.29) is 5.02 Å². The number of ether oxygens (including phenoxy) is 1. The largest absolute Gasteiger partial charge is 0.437 e. The smallest absolute Gasteiger partial charge is 0.224 e. The van der Waals surface area contributed by atoms with Crippen LogP contribution in [-0.2, 0) is 6.54 Å². The summed E-state index contributed by atoms with van der Waals surface area (Å²) in [5.41, 5.74) is 8.30. The van der Waals surface area contributed by atoms with Crippen molar-refractivity contribution >= 4 is 27.5 Å². The van der Waals surface area contributed by atoms with Gasteiger partial charge in [-0.1, -0.05) is 11.6 Å². The number of hydrogen-bond acceptors (Lipinski definition) is 3. The Kier molecular flexibility index (Phi) is 4.62. The van der Waals surface area contributed by atoms with E-state index in [1.165, 1.54) is 12.1 Å². The summed E-state index contributed by atoms with van der Waals surface area (Å²) in [6, 6.07) is 4.58. The normalized spacial score (nSPS) is 10.7. The first-order chi connectivity index (χ1) is 9.42. The van der Waals surface area contributed by atoms with Crippen LogP contribution in [0.4, 0.5) is 4.39 Å². The van der Waals surface area contributed by atoms with Crippen LogP contribution in [0, 0.1) is 19.7 Å². The summed E-state index contributed by atoms with van der Waals surface area (Å²) in [6.07, 6.45) is 0. The number of benzene rings is 1. The van der Waals surface area contributed by atoms with Crippen molar-refractivity contribution in [3.05, 3.63) is 50.3 Å². The van der Waals surface area contributed by atoms with Gasteiger partial charge >= 0.3 is 0 Å². The zero-order valence-electron chi connectivity index (χ0n) is 11.0. The van der Waals surface area contributed by atoms with Crippen molar-refractivity contribution in [2.45, 2.75) is 20.4 Å². The number of rotatable bonds is 3. The number of aryl methyl sites for hydroxylation is 2. The molecule has 0 radical (unpaired) electrons. The SMILES string of the molecule is Cc1cc(C)c(CN)c(Oc2cc(F)c(Cl)cc2Br)n1. The van der Waals surface area contributed by atoms with Crippen molar-refractivity contribution in [1.82, 2.24) is 4.98 Å². The highest BCUT2D eigenvalue weighted by atomic mass is 79.9. The number of hydrogen-bond donors (Lipinski definition) is 1. The van der Waals surface area contributed by atoms with E-state index in [2.05, 4.69) is 20.9 Å². The maximum Gasteiger partial charge on any atom is 0.224 e. The summed E-state index contributed by atoms with van der Waals surface area (Å²) >= 11 is 8.99. The van der Waals surface area contributed by atoms with Gasteiger partial charge in [-0.3, -0.25) is 0 Å². The van der Waals surface area contributed by atoms with Crippen molar-refractivity contribution < 1.29 is 9.13 Å². The lowest BCUT2D eigenvalue weighted by Crippen LogP contribution is -2.05. The van der Waals surface area contributed by atoms with Gasteiger partial charge in [0.2, 0.25) is 5.88 Å². The molecule has 0 aliphatic heterocycles. The number of aromatic nitrogens is 1. The van der Waals surface area contributed by atoms with Crippen LogP contribution in [0.25, 0.3) is 0 Å². The van der Waals surface area contributed by atoms with Crippen molar-refractivity contribution in [3.63, 3.8) is 0 Å². The third-order valence-electron chi connectivity index (χ3n) is 2.82. The van der Waals surface area contributed by atoms with Crippen molar-refractivity contribution in [1.29, 1.82) is 0 Å². The first-order valence-corrected chi connectivity index (χ1v) is 7.09. The van der Waals surface area contributed by atoms with Gasteiger partial charge in [-0.2, -0.15) is 0 Å². The van der Waals surface area contributed by atoms with E-state index in [9.17, 15) is 4.39 Å². The molecule has 0 unspecified atom stereocenters. The number of nitrogens with two attached hydrogens (primary N) is 1. The Hall–Kier alpha value is -1.17. The Morgan fingerprint density at radius 2 is 2.05 bits per heavy atom. The average molecular weight is 360 g/mol. The summed E-state index contributed by atoms with van der Waals surface area (Å²) < 4.78 is 19.8. The first kappa shape index (κ1) is 15.2. The van der Waals surface area contributed by atoms with Crippen LogP contribution in [0.15, 0.2) is 22.7 Å². The molecule has 0 fully saturated rings. The second kappa shape index (κ2) is 6.08. The molecule has 0 aliphatic carbocycles. The third-order valence-corrected chi connectivity index (χ3v) is 3.73. The van der Waals surface area contributed by atoms with Crippen molar-refractivity contribution in [2.24, 2.45) is 5.73 Å². The monoisotopic (exact) mass is 358 g/mol. The lowest BCUT2D eigenvalue weighted by molar-refractivity contribution is 0.447. The molecule has 20 heavy (non-hydrogen) atoms. The fourth-order valence-electron chi connectivity index (χ4n) is 1.85. The van der Waals surface area contributed by atoms with Gasteiger partial charge in [-0.25, -0.2) is 9.37 Å². The minimum absolute atomic E-state index is 0.0247. The molecule has 3 nitrogen and oxygen atoms in total. The molecule has 0 bridgehead atoms. The number of nitrogens with zero attached hydrogens (tertiary/aromatic N) is 1. The van der Waals surface area contributed by atoms with Gasteiger partial charge in [0.05, 0.1) is 9.50 Å². The van der Waals surface area contributed by atoms with Gasteiger partial charge in [-0.05, 0) is 47.5 Å². The fourth-order valence-corrected chi connectivity index (χ4v) is 2.57. The van der Waals surface area contributed by atoms with Crippen LogP contribution in [0.2, 0.25) is 5.02 Å². The average Bonchev–Trinajstić information content (AvgIpc) is 2.35. The lowest BCUT2D eigenvalue weighted by Gasteiger charge is -2.13. The van der Waals surface area contributed by atoms with E-state index in [0.29, 0.717) is 22.6 Å². The number of pyridine rings is 1. The first-order valence-electron chi connectivity index (χ1n) is 5.92. The van der Waals surface area contributed by atoms with Crippen LogP contribution in [-0.4, -0.2) is 4.98 Å². The minimum Gasteiger partial charge on any atom is -0.437 e. The highest BCUT2D eigenvalue weighted by Crippen LogP contribution is 2.34. The molecule has 0 atom stereocenters. The molecule has 1 heterocycles. The summed E-state index contributed by atoms with van der Waals surface area (Å²) in [5.74, 6) is 0.134. The Bertz CT molecular complexity index is 664. The Balaban J connectivity index is 2.47. The molecule has 0 saturated heterocycles. The fraction of sp³-hybridized carbons (Fsp3) is 0.214. The zero-order valence-corrected chi connectivity index (χ0v) is 13.3. The molecular weight excluding hydrogens is 347 g/mol. The van der Waals surface area contributed by atoms with E-state index in [0.717, 1.165) is 16.8 Å². The molecular formula is C14H13BrClFN2O. The summed E-state index contributed by atoms with van der Waals surface area (Å²) in [7, 11) is 0. The molecule has 1 aromatic carbocycles. The topological polar surface area (TPSA) is 48.1 Å². The summed E-state index contributed by atoms with van der Waals surface area (Å²) in [6.45, 7) is 4.08. The second-order valence-corrected chi connectivity index (χ2v) is 5.63. The van der Waals surface area contributed by atoms with Gasteiger partial charge in [-0.15, -0.1) is 0 Å². The van der Waals surface area contributed by atoms with Gasteiger partial charge in [0.15, 0.2) is 0 Å². The molecule has 0 saturated carbocycles. The molecule has 106 valence electrons. The standard InChI is InChI=1S/C14H13BrClFN2O/c1-7-3-8(2)19-14(9(7)6-18)20-13-5-12(17)11(16)4-10(13)15/h3-5H,6,18H2,1-2H3. The van der Waals surface area contributed by atoms with Crippen LogP contribution in [0.3, 0.4) is 0 Å². The molecule has 0 aliphatic rings. The van der Waals surface area contributed by atoms with E-state index >= 15 is 0 Å². The van der Waals surface area contributed by atoms with Gasteiger partial charge in [0.1, 0.15) is 11.6 Å². The van der Waals surface area contributed by atoms with E-state index in [4.69, 9.17) is 22.1 Å². The summed E-state index contributed by atoms with van der Waals surface area (Å²) in [4.78, 5) is 4.31. The van der Waals surface area contributed by atoms with E-state index in [1.54, 1.807) is 0 Å². The van der Waals surface area contributed by atoms with Crippen LogP contribution >= 0.6 is 27.5 Å². The Morgan fingerprint density at radius 3 is 2.70 bits per heavy atom. The van der Waals surface area contributed by atoms with Gasteiger partial charge in [0.25, 0.3) is 0 Å². The molecule has 1 aromatic heterocycles.